The maximum absolute atomic E-state index is 12.8. The largest absolute Gasteiger partial charge is 0.454 e. The minimum absolute atomic E-state index is 0.0309. The summed E-state index contributed by atoms with van der Waals surface area (Å²) in [5.74, 6) is -0.952. The number of carbonyl (C=O) groups is 4. The van der Waals surface area contributed by atoms with Crippen LogP contribution in [0.25, 0.3) is 0 Å². The number of hydrogen-bond donors (Lipinski definition) is 2. The van der Waals surface area contributed by atoms with Gasteiger partial charge in [-0.05, 0) is 44.4 Å². The molecular weight excluding hydrogens is 338 g/mol. The van der Waals surface area contributed by atoms with E-state index >= 15 is 0 Å². The highest BCUT2D eigenvalue weighted by molar-refractivity contribution is 6.09. The molecule has 2 saturated carbocycles. The van der Waals surface area contributed by atoms with Crippen LogP contribution in [0.5, 0.6) is 0 Å². The number of nitrogens with zero attached hydrogens (tertiary/aromatic N) is 1. The van der Waals surface area contributed by atoms with Crippen molar-refractivity contribution in [3.63, 3.8) is 0 Å². The molecule has 8 nitrogen and oxygen atoms in total. The number of rotatable bonds is 6. The quantitative estimate of drug-likeness (QED) is 0.538. The molecule has 4 amide bonds. The summed E-state index contributed by atoms with van der Waals surface area (Å²) in [5.41, 5.74) is -0.896. The van der Waals surface area contributed by atoms with Crippen LogP contribution in [0.1, 0.15) is 52.4 Å². The highest BCUT2D eigenvalue weighted by atomic mass is 16.5. The maximum Gasteiger partial charge on any atom is 0.326 e. The van der Waals surface area contributed by atoms with E-state index in [2.05, 4.69) is 10.6 Å². The first-order valence-corrected chi connectivity index (χ1v) is 9.42. The summed E-state index contributed by atoms with van der Waals surface area (Å²) < 4.78 is 4.94. The summed E-state index contributed by atoms with van der Waals surface area (Å²) in [6, 6.07) is -0.493. The summed E-state index contributed by atoms with van der Waals surface area (Å²) >= 11 is 0. The van der Waals surface area contributed by atoms with Crippen molar-refractivity contribution in [3.8, 4) is 0 Å². The lowest BCUT2D eigenvalue weighted by molar-refractivity contribution is -0.151. The molecule has 0 aromatic heterocycles. The lowest BCUT2D eigenvalue weighted by Gasteiger charge is -2.36. The third-order valence-electron chi connectivity index (χ3n) is 5.87. The van der Waals surface area contributed by atoms with E-state index in [1.165, 1.54) is 0 Å². The Balaban J connectivity index is 1.50. The molecule has 2 aliphatic carbocycles. The lowest BCUT2D eigenvalue weighted by Crippen LogP contribution is -2.54. The summed E-state index contributed by atoms with van der Waals surface area (Å²) in [7, 11) is 0. The van der Waals surface area contributed by atoms with Gasteiger partial charge in [0.15, 0.2) is 6.61 Å². The first-order chi connectivity index (χ1) is 12.3. The number of carbonyl (C=O) groups excluding carboxylic acids is 4. The molecule has 2 N–H and O–H groups in total. The average molecular weight is 365 g/mol. The van der Waals surface area contributed by atoms with Gasteiger partial charge in [0.05, 0.1) is 0 Å². The molecule has 26 heavy (non-hydrogen) atoms. The van der Waals surface area contributed by atoms with Gasteiger partial charge in [0.25, 0.3) is 11.8 Å². The second kappa shape index (κ2) is 7.25. The summed E-state index contributed by atoms with van der Waals surface area (Å²) in [5, 5.41) is 5.57. The van der Waals surface area contributed by atoms with Crippen LogP contribution in [-0.2, 0) is 19.1 Å². The van der Waals surface area contributed by atoms with Crippen LogP contribution >= 0.6 is 0 Å². The predicted molar refractivity (Wildman–Crippen MR) is 91.9 cm³/mol. The molecule has 1 spiro atoms. The Morgan fingerprint density at radius 1 is 1.31 bits per heavy atom. The van der Waals surface area contributed by atoms with Crippen LogP contribution in [0.3, 0.4) is 0 Å². The summed E-state index contributed by atoms with van der Waals surface area (Å²) in [4.78, 5) is 49.7. The van der Waals surface area contributed by atoms with Crippen LogP contribution in [0.2, 0.25) is 0 Å². The molecular formula is C18H27N3O5. The van der Waals surface area contributed by atoms with Crippen LogP contribution in [0.15, 0.2) is 0 Å². The standard InChI is InChI=1S/C18H27N3O5/c1-11-5-3-4-8-18(11)16(24)21(17(25)20-18)9-15(23)26-10-14(22)19-12(2)13-6-7-13/h11-13H,3-10H2,1-2H3,(H,19,22)(H,20,25)/t11-,12+,18+/m1/s1. The van der Waals surface area contributed by atoms with Gasteiger partial charge in [-0.25, -0.2) is 4.79 Å². The van der Waals surface area contributed by atoms with Crippen molar-refractivity contribution in [3.05, 3.63) is 0 Å². The number of urea groups is 1. The number of amides is 4. The van der Waals surface area contributed by atoms with Gasteiger partial charge < -0.3 is 15.4 Å². The van der Waals surface area contributed by atoms with Crippen molar-refractivity contribution in [2.75, 3.05) is 13.2 Å². The molecule has 1 aliphatic heterocycles. The lowest BCUT2D eigenvalue weighted by atomic mass is 9.73. The number of ether oxygens (including phenoxy) is 1. The maximum atomic E-state index is 12.8. The van der Waals surface area contributed by atoms with Crippen molar-refractivity contribution in [1.29, 1.82) is 0 Å². The highest BCUT2D eigenvalue weighted by Crippen LogP contribution is 2.38. The zero-order valence-electron chi connectivity index (χ0n) is 15.4. The minimum atomic E-state index is -0.896. The fraction of sp³-hybridized carbons (Fsp3) is 0.778. The first-order valence-electron chi connectivity index (χ1n) is 9.42. The highest BCUT2D eigenvalue weighted by Gasteiger charge is 2.55. The smallest absolute Gasteiger partial charge is 0.326 e. The molecule has 3 fully saturated rings. The van der Waals surface area contributed by atoms with Gasteiger partial charge >= 0.3 is 12.0 Å². The van der Waals surface area contributed by atoms with Gasteiger partial charge in [-0.3, -0.25) is 19.3 Å². The van der Waals surface area contributed by atoms with E-state index in [0.29, 0.717) is 12.3 Å². The number of hydrogen-bond acceptors (Lipinski definition) is 5. The Bertz CT molecular complexity index is 618. The second-order valence-electron chi connectivity index (χ2n) is 7.79. The third kappa shape index (κ3) is 3.68. The van der Waals surface area contributed by atoms with E-state index in [-0.39, 0.29) is 23.8 Å². The van der Waals surface area contributed by atoms with Gasteiger partial charge in [0.2, 0.25) is 0 Å². The fourth-order valence-electron chi connectivity index (χ4n) is 3.97. The molecule has 1 saturated heterocycles. The number of nitrogens with one attached hydrogen (secondary N) is 2. The van der Waals surface area contributed by atoms with Gasteiger partial charge in [-0.15, -0.1) is 0 Å². The van der Waals surface area contributed by atoms with E-state index in [9.17, 15) is 19.2 Å². The van der Waals surface area contributed by atoms with Crippen molar-refractivity contribution in [2.45, 2.75) is 64.0 Å². The van der Waals surface area contributed by atoms with E-state index in [1.54, 1.807) is 0 Å². The SMILES string of the molecule is C[C@H](NC(=O)COC(=O)CN1C(=O)N[C@]2(CCCC[C@H]2C)C1=O)C1CC1. The summed E-state index contributed by atoms with van der Waals surface area (Å²) in [6.07, 6.45) is 5.56. The number of esters is 1. The van der Waals surface area contributed by atoms with Crippen molar-refractivity contribution < 1.29 is 23.9 Å². The summed E-state index contributed by atoms with van der Waals surface area (Å²) in [6.45, 7) is 3.01. The molecule has 0 unspecified atom stereocenters. The molecule has 0 radical (unpaired) electrons. The second-order valence-corrected chi connectivity index (χ2v) is 7.79. The van der Waals surface area contributed by atoms with E-state index < -0.39 is 30.7 Å². The van der Waals surface area contributed by atoms with Crippen LogP contribution < -0.4 is 10.6 Å². The van der Waals surface area contributed by atoms with Gasteiger partial charge in [0, 0.05) is 6.04 Å². The van der Waals surface area contributed by atoms with E-state index in [1.807, 2.05) is 13.8 Å². The predicted octanol–water partition coefficient (Wildman–Crippen LogP) is 0.945. The molecule has 8 heteroatoms. The Hall–Kier alpha value is -2.12. The molecule has 0 aromatic rings. The van der Waals surface area contributed by atoms with Crippen molar-refractivity contribution >= 4 is 23.8 Å². The van der Waals surface area contributed by atoms with Crippen molar-refractivity contribution in [2.24, 2.45) is 11.8 Å². The van der Waals surface area contributed by atoms with E-state index in [4.69, 9.17) is 4.74 Å². The van der Waals surface area contributed by atoms with E-state index in [0.717, 1.165) is 37.0 Å². The van der Waals surface area contributed by atoms with Crippen molar-refractivity contribution in [1.82, 2.24) is 15.5 Å². The molecule has 3 aliphatic rings. The van der Waals surface area contributed by atoms with Gasteiger partial charge in [-0.1, -0.05) is 19.8 Å². The topological polar surface area (TPSA) is 105 Å². The van der Waals surface area contributed by atoms with Crippen LogP contribution in [-0.4, -0.2) is 53.4 Å². The molecule has 1 heterocycles. The normalized spacial score (nSPS) is 29.5. The Kier molecular flexibility index (Phi) is 5.20. The Labute approximate surface area is 153 Å². The van der Waals surface area contributed by atoms with Gasteiger partial charge in [-0.2, -0.15) is 0 Å². The molecule has 3 rings (SSSR count). The molecule has 144 valence electrons. The van der Waals surface area contributed by atoms with Gasteiger partial charge in [0.1, 0.15) is 12.1 Å². The third-order valence-corrected chi connectivity index (χ3v) is 5.87. The van der Waals surface area contributed by atoms with Crippen LogP contribution in [0, 0.1) is 11.8 Å². The molecule has 0 aromatic carbocycles. The Morgan fingerprint density at radius 2 is 2.04 bits per heavy atom. The molecule has 0 bridgehead atoms. The average Bonchev–Trinajstić information content (AvgIpc) is 3.41. The minimum Gasteiger partial charge on any atom is -0.454 e. The monoisotopic (exact) mass is 365 g/mol. The molecule has 3 atom stereocenters. The first kappa shape index (κ1) is 18.7. The van der Waals surface area contributed by atoms with Crippen LogP contribution in [0.4, 0.5) is 4.79 Å². The zero-order chi connectivity index (χ0) is 18.9. The number of imide groups is 1. The fourth-order valence-corrected chi connectivity index (χ4v) is 3.97. The Morgan fingerprint density at radius 3 is 2.69 bits per heavy atom. The zero-order valence-corrected chi connectivity index (χ0v) is 15.4.